The van der Waals surface area contributed by atoms with Crippen molar-refractivity contribution in [2.75, 3.05) is 0 Å². The fraction of sp³-hybridized carbons (Fsp3) is 0.188. The highest BCUT2D eigenvalue weighted by Gasteiger charge is 2.16. The molecule has 2 aromatic carbocycles. The van der Waals surface area contributed by atoms with Crippen molar-refractivity contribution < 1.29 is 24.5 Å². The zero-order valence-corrected chi connectivity index (χ0v) is 11.6. The van der Waals surface area contributed by atoms with Crippen LogP contribution in [0, 0.1) is 5.82 Å². The smallest absolute Gasteiger partial charge is 0.338 e. The van der Waals surface area contributed by atoms with Crippen LogP contribution in [0.4, 0.5) is 4.39 Å². The average Bonchev–Trinajstić information content (AvgIpc) is 2.39. The van der Waals surface area contributed by atoms with E-state index in [2.05, 4.69) is 0 Å². The van der Waals surface area contributed by atoms with Crippen LogP contribution in [0.5, 0.6) is 11.5 Å². The lowest BCUT2D eigenvalue weighted by molar-refractivity contribution is 0.0692. The molecule has 0 aliphatic carbocycles. The fourth-order valence-electron chi connectivity index (χ4n) is 2.14. The van der Waals surface area contributed by atoms with E-state index in [1.807, 2.05) is 13.8 Å². The Balaban J connectivity index is 2.64. The molecule has 0 bridgehead atoms. The predicted octanol–water partition coefficient (Wildman–Crippen LogP) is 3.73. The number of phenolic OH excluding ortho intramolecular Hbond substituents is 2. The Hall–Kier alpha value is -2.56. The number of carbonyl (C=O) groups is 1. The number of halogens is 1. The number of hydrogen-bond acceptors (Lipinski definition) is 3. The van der Waals surface area contributed by atoms with Gasteiger partial charge in [0.2, 0.25) is 0 Å². The van der Waals surface area contributed by atoms with E-state index in [0.717, 1.165) is 12.1 Å². The highest BCUT2D eigenvalue weighted by Crippen LogP contribution is 2.38. The van der Waals surface area contributed by atoms with Crippen LogP contribution < -0.4 is 0 Å². The van der Waals surface area contributed by atoms with Crippen molar-refractivity contribution in [1.82, 2.24) is 0 Å². The van der Waals surface area contributed by atoms with Crippen LogP contribution in [0.25, 0.3) is 11.1 Å². The van der Waals surface area contributed by atoms with E-state index in [9.17, 15) is 19.4 Å². The minimum atomic E-state index is -1.38. The maximum absolute atomic E-state index is 13.4. The zero-order chi connectivity index (χ0) is 15.7. The van der Waals surface area contributed by atoms with Gasteiger partial charge in [-0.25, -0.2) is 9.18 Å². The summed E-state index contributed by atoms with van der Waals surface area (Å²) in [5.74, 6) is -2.43. The molecule has 4 nitrogen and oxygen atoms in total. The summed E-state index contributed by atoms with van der Waals surface area (Å²) in [6, 6.07) is 6.37. The molecule has 0 saturated carbocycles. The SMILES string of the molecule is CC(C)c1cc(-c2ccc(F)c(C(=O)O)c2)c(O)cc1O. The number of hydrogen-bond donors (Lipinski definition) is 3. The Morgan fingerprint density at radius 3 is 2.33 bits per heavy atom. The van der Waals surface area contributed by atoms with Crippen molar-refractivity contribution in [3.05, 3.63) is 47.3 Å². The van der Waals surface area contributed by atoms with Crippen molar-refractivity contribution in [2.24, 2.45) is 0 Å². The third-order valence-corrected chi connectivity index (χ3v) is 3.27. The first-order chi connectivity index (χ1) is 9.81. The summed E-state index contributed by atoms with van der Waals surface area (Å²) < 4.78 is 13.4. The molecule has 0 unspecified atom stereocenters. The van der Waals surface area contributed by atoms with Crippen LogP contribution in [0.1, 0.15) is 35.7 Å². The van der Waals surface area contributed by atoms with Gasteiger partial charge in [-0.3, -0.25) is 0 Å². The fourth-order valence-corrected chi connectivity index (χ4v) is 2.14. The van der Waals surface area contributed by atoms with Gasteiger partial charge in [-0.05, 0) is 35.2 Å². The van der Waals surface area contributed by atoms with Crippen molar-refractivity contribution in [3.63, 3.8) is 0 Å². The quantitative estimate of drug-likeness (QED) is 0.805. The maximum atomic E-state index is 13.4. The normalized spacial score (nSPS) is 10.9. The zero-order valence-electron chi connectivity index (χ0n) is 11.6. The predicted molar refractivity (Wildman–Crippen MR) is 76.2 cm³/mol. The average molecular weight is 290 g/mol. The Morgan fingerprint density at radius 2 is 1.76 bits per heavy atom. The number of aromatic carboxylic acids is 1. The maximum Gasteiger partial charge on any atom is 0.338 e. The van der Waals surface area contributed by atoms with Crippen molar-refractivity contribution in [2.45, 2.75) is 19.8 Å². The molecule has 0 aliphatic rings. The number of phenols is 2. The van der Waals surface area contributed by atoms with Gasteiger partial charge in [0.1, 0.15) is 17.3 Å². The van der Waals surface area contributed by atoms with Crippen LogP contribution in [-0.2, 0) is 0 Å². The minimum Gasteiger partial charge on any atom is -0.508 e. The summed E-state index contributed by atoms with van der Waals surface area (Å²) in [6.07, 6.45) is 0. The van der Waals surface area contributed by atoms with Gasteiger partial charge in [0, 0.05) is 11.6 Å². The van der Waals surface area contributed by atoms with Crippen LogP contribution in [0.15, 0.2) is 30.3 Å². The van der Waals surface area contributed by atoms with E-state index in [4.69, 9.17) is 5.11 Å². The minimum absolute atomic E-state index is 0.0174. The van der Waals surface area contributed by atoms with Gasteiger partial charge in [0.05, 0.1) is 5.56 Å². The highest BCUT2D eigenvalue weighted by molar-refractivity contribution is 5.90. The lowest BCUT2D eigenvalue weighted by Gasteiger charge is -2.13. The summed E-state index contributed by atoms with van der Waals surface area (Å²) in [6.45, 7) is 3.76. The first-order valence-electron chi connectivity index (χ1n) is 6.40. The topological polar surface area (TPSA) is 77.8 Å². The van der Waals surface area contributed by atoms with Crippen molar-refractivity contribution in [3.8, 4) is 22.6 Å². The van der Waals surface area contributed by atoms with E-state index in [1.54, 1.807) is 6.07 Å². The standard InChI is InChI=1S/C16H15FO4/c1-8(2)10-6-11(15(19)7-14(10)18)9-3-4-13(17)12(5-9)16(20)21/h3-8,18-19H,1-2H3,(H,20,21). The molecule has 0 spiro atoms. The molecule has 0 aliphatic heterocycles. The summed E-state index contributed by atoms with van der Waals surface area (Å²) in [4.78, 5) is 11.0. The molecule has 2 rings (SSSR count). The third kappa shape index (κ3) is 2.81. The van der Waals surface area contributed by atoms with E-state index < -0.39 is 17.3 Å². The lowest BCUT2D eigenvalue weighted by atomic mass is 9.94. The number of benzene rings is 2. The molecule has 0 aromatic heterocycles. The molecule has 0 saturated heterocycles. The lowest BCUT2D eigenvalue weighted by Crippen LogP contribution is -2.00. The van der Waals surface area contributed by atoms with Crippen molar-refractivity contribution in [1.29, 1.82) is 0 Å². The molecule has 5 heteroatoms. The second kappa shape index (κ2) is 5.44. The molecule has 0 atom stereocenters. The molecular weight excluding hydrogens is 275 g/mol. The molecule has 0 radical (unpaired) electrons. The third-order valence-electron chi connectivity index (χ3n) is 3.27. The number of rotatable bonds is 3. The monoisotopic (exact) mass is 290 g/mol. The van der Waals surface area contributed by atoms with Gasteiger partial charge in [0.15, 0.2) is 0 Å². The first-order valence-corrected chi connectivity index (χ1v) is 6.40. The Labute approximate surface area is 121 Å². The second-order valence-electron chi connectivity index (χ2n) is 5.08. The number of carboxylic acids is 1. The Bertz CT molecular complexity index is 708. The van der Waals surface area contributed by atoms with Crippen LogP contribution in [0.3, 0.4) is 0 Å². The highest BCUT2D eigenvalue weighted by atomic mass is 19.1. The molecule has 110 valence electrons. The van der Waals surface area contributed by atoms with E-state index in [1.165, 1.54) is 12.1 Å². The molecular formula is C16H15FO4. The van der Waals surface area contributed by atoms with Gasteiger partial charge in [-0.15, -0.1) is 0 Å². The molecule has 0 heterocycles. The van der Waals surface area contributed by atoms with Crippen molar-refractivity contribution >= 4 is 5.97 Å². The molecule has 0 fully saturated rings. The first kappa shape index (κ1) is 14.8. The van der Waals surface area contributed by atoms with Crippen LogP contribution >= 0.6 is 0 Å². The van der Waals surface area contributed by atoms with E-state index in [-0.39, 0.29) is 17.4 Å². The molecule has 0 amide bonds. The van der Waals surface area contributed by atoms with Crippen LogP contribution in [-0.4, -0.2) is 21.3 Å². The largest absolute Gasteiger partial charge is 0.508 e. The van der Waals surface area contributed by atoms with Crippen LogP contribution in [0.2, 0.25) is 0 Å². The summed E-state index contributed by atoms with van der Waals surface area (Å²) in [5, 5.41) is 28.7. The Kier molecular flexibility index (Phi) is 3.84. The van der Waals surface area contributed by atoms with Gasteiger partial charge in [-0.2, -0.15) is 0 Å². The molecule has 3 N–H and O–H groups in total. The second-order valence-corrected chi connectivity index (χ2v) is 5.08. The molecule has 2 aromatic rings. The van der Waals surface area contributed by atoms with Gasteiger partial charge >= 0.3 is 5.97 Å². The summed E-state index contributed by atoms with van der Waals surface area (Å²) >= 11 is 0. The number of aromatic hydroxyl groups is 2. The summed E-state index contributed by atoms with van der Waals surface area (Å²) in [5.41, 5.74) is 0.863. The van der Waals surface area contributed by atoms with Gasteiger partial charge in [0.25, 0.3) is 0 Å². The van der Waals surface area contributed by atoms with Gasteiger partial charge < -0.3 is 15.3 Å². The van der Waals surface area contributed by atoms with E-state index >= 15 is 0 Å². The molecule has 21 heavy (non-hydrogen) atoms. The Morgan fingerprint density at radius 1 is 1.10 bits per heavy atom. The number of carboxylic acid groups (broad SMARTS) is 1. The van der Waals surface area contributed by atoms with E-state index in [0.29, 0.717) is 16.7 Å². The van der Waals surface area contributed by atoms with Gasteiger partial charge in [-0.1, -0.05) is 19.9 Å². The summed E-state index contributed by atoms with van der Waals surface area (Å²) in [7, 11) is 0.